The summed E-state index contributed by atoms with van der Waals surface area (Å²) in [5.74, 6) is -3.25. The van der Waals surface area contributed by atoms with Crippen LogP contribution < -0.4 is 5.23 Å². The molecule has 3 N–H and O–H groups in total. The fraction of sp³-hybridized carbons (Fsp3) is 0.182. The molecule has 0 heterocycles. The number of carbonyl (C=O) groups excluding carboxylic acids is 1. The predicted octanol–water partition coefficient (Wildman–Crippen LogP) is 2.09. The van der Waals surface area contributed by atoms with Crippen molar-refractivity contribution in [2.45, 2.75) is 13.1 Å². The molecule has 0 aliphatic heterocycles. The lowest BCUT2D eigenvalue weighted by atomic mass is 10.2. The van der Waals surface area contributed by atoms with Crippen molar-refractivity contribution in [3.05, 3.63) is 40.9 Å². The lowest BCUT2D eigenvalue weighted by Crippen LogP contribution is -2.99. The largest absolute Gasteiger partial charge is 0.595 e. The van der Waals surface area contributed by atoms with E-state index in [0.29, 0.717) is 0 Å². The number of Topliss-reactive ketones (excluding diaryl/α,β-unsaturated/α-hetero) is 1. The van der Waals surface area contributed by atoms with Crippen molar-refractivity contribution >= 4 is 17.2 Å². The maximum absolute atomic E-state index is 12.3. The van der Waals surface area contributed by atoms with Gasteiger partial charge in [-0.15, -0.1) is 5.11 Å². The number of aliphatic hydroxyl groups is 1. The Hall–Kier alpha value is -2.30. The van der Waals surface area contributed by atoms with Crippen LogP contribution in [0.15, 0.2) is 46.0 Å². The van der Waals surface area contributed by atoms with Crippen LogP contribution in [0.2, 0.25) is 0 Å². The Morgan fingerprint density at radius 3 is 2.19 bits per heavy atom. The number of azo groups is 1. The molecule has 1 atom stereocenters. The standard InChI is InChI=1S/C11H10F3N3O4/c1-6(18)9(10(19)11(12,13)14)16-15-7-2-4-8(5-3-7)17(20)21/h2-5,17,19-20H,1H3. The number of hydrogen-bond acceptors (Lipinski definition) is 6. The Morgan fingerprint density at radius 1 is 1.29 bits per heavy atom. The Balaban J connectivity index is 3.08. The van der Waals surface area contributed by atoms with Gasteiger partial charge in [0.05, 0.1) is 5.69 Å². The SMILES string of the molecule is CC(=O)C(N=Nc1ccc([NH+]([O-])O)cc1)=C(O)C(F)(F)F. The highest BCUT2D eigenvalue weighted by Gasteiger charge is 2.38. The first-order chi connectivity index (χ1) is 9.62. The second kappa shape index (κ2) is 6.43. The van der Waals surface area contributed by atoms with Crippen molar-refractivity contribution in [3.8, 4) is 0 Å². The maximum Gasteiger partial charge on any atom is 0.451 e. The Morgan fingerprint density at radius 2 is 1.81 bits per heavy atom. The van der Waals surface area contributed by atoms with E-state index in [1.54, 1.807) is 0 Å². The molecular weight excluding hydrogens is 295 g/mol. The van der Waals surface area contributed by atoms with Gasteiger partial charge in [0.15, 0.2) is 17.2 Å². The van der Waals surface area contributed by atoms with Gasteiger partial charge in [0.25, 0.3) is 0 Å². The minimum absolute atomic E-state index is 0.0220. The van der Waals surface area contributed by atoms with Gasteiger partial charge < -0.3 is 10.3 Å². The van der Waals surface area contributed by atoms with Crippen LogP contribution in [0, 0.1) is 5.21 Å². The van der Waals surface area contributed by atoms with E-state index in [4.69, 9.17) is 10.3 Å². The molecule has 0 saturated heterocycles. The number of benzene rings is 1. The highest BCUT2D eigenvalue weighted by molar-refractivity contribution is 5.93. The molecule has 0 saturated carbocycles. The van der Waals surface area contributed by atoms with Gasteiger partial charge in [-0.3, -0.25) is 4.79 Å². The summed E-state index contributed by atoms with van der Waals surface area (Å²) in [6.45, 7) is 0.795. The van der Waals surface area contributed by atoms with E-state index in [9.17, 15) is 23.2 Å². The number of aliphatic hydroxyl groups excluding tert-OH is 1. The summed E-state index contributed by atoms with van der Waals surface area (Å²) in [7, 11) is 0. The van der Waals surface area contributed by atoms with Gasteiger partial charge in [-0.25, -0.2) is 5.21 Å². The van der Waals surface area contributed by atoms with E-state index in [1.165, 1.54) is 12.1 Å². The van der Waals surface area contributed by atoms with Gasteiger partial charge in [0.2, 0.25) is 5.76 Å². The van der Waals surface area contributed by atoms with Gasteiger partial charge >= 0.3 is 6.18 Å². The average Bonchev–Trinajstić information content (AvgIpc) is 2.37. The molecule has 1 aromatic rings. The number of nitrogens with one attached hydrogen (secondary N) is 1. The van der Waals surface area contributed by atoms with Gasteiger partial charge in [-0.1, -0.05) is 0 Å². The molecule has 114 valence electrons. The second-order valence-corrected chi connectivity index (χ2v) is 3.80. The van der Waals surface area contributed by atoms with Crippen LogP contribution in [0.1, 0.15) is 6.92 Å². The number of nitrogens with zero attached hydrogens (tertiary/aromatic N) is 2. The second-order valence-electron chi connectivity index (χ2n) is 3.80. The first-order valence-corrected chi connectivity index (χ1v) is 5.39. The normalized spacial score (nSPS) is 15.0. The highest BCUT2D eigenvalue weighted by atomic mass is 19.4. The molecule has 0 radical (unpaired) electrons. The van der Waals surface area contributed by atoms with E-state index < -0.39 is 28.6 Å². The van der Waals surface area contributed by atoms with Gasteiger partial charge in [-0.05, 0) is 12.1 Å². The zero-order chi connectivity index (χ0) is 16.2. The third kappa shape index (κ3) is 4.63. The summed E-state index contributed by atoms with van der Waals surface area (Å²) in [4.78, 5) is 11.0. The molecule has 0 aliphatic rings. The number of allylic oxidation sites excluding steroid dienone is 2. The minimum atomic E-state index is -5.12. The molecule has 0 aromatic heterocycles. The maximum atomic E-state index is 12.3. The summed E-state index contributed by atoms with van der Waals surface area (Å²) < 4.78 is 36.9. The molecule has 7 nitrogen and oxygen atoms in total. The lowest BCUT2D eigenvalue weighted by molar-refractivity contribution is -0.991. The van der Waals surface area contributed by atoms with Crippen LogP contribution in [0.5, 0.6) is 0 Å². The van der Waals surface area contributed by atoms with E-state index >= 15 is 0 Å². The van der Waals surface area contributed by atoms with Crippen LogP contribution in [-0.2, 0) is 4.79 Å². The molecule has 1 rings (SSSR count). The number of carbonyl (C=O) groups is 1. The average molecular weight is 305 g/mol. The van der Waals surface area contributed by atoms with Crippen LogP contribution in [0.4, 0.5) is 24.5 Å². The molecule has 21 heavy (non-hydrogen) atoms. The van der Waals surface area contributed by atoms with Crippen LogP contribution >= 0.6 is 0 Å². The van der Waals surface area contributed by atoms with Gasteiger partial charge in [0.1, 0.15) is 0 Å². The van der Waals surface area contributed by atoms with Crippen molar-refractivity contribution < 1.29 is 33.5 Å². The quantitative estimate of drug-likeness (QED) is 0.342. The summed E-state index contributed by atoms with van der Waals surface area (Å²) >= 11 is 0. The molecular formula is C11H10F3N3O4. The van der Waals surface area contributed by atoms with Crippen LogP contribution in [-0.4, -0.2) is 22.3 Å². The molecule has 10 heteroatoms. The van der Waals surface area contributed by atoms with Crippen molar-refractivity contribution in [1.82, 2.24) is 0 Å². The third-order valence-corrected chi connectivity index (χ3v) is 2.21. The first kappa shape index (κ1) is 16.8. The van der Waals surface area contributed by atoms with E-state index in [2.05, 4.69) is 10.2 Å². The van der Waals surface area contributed by atoms with Crippen molar-refractivity contribution in [2.75, 3.05) is 0 Å². The zero-order valence-corrected chi connectivity index (χ0v) is 10.5. The smallest absolute Gasteiger partial charge is 0.451 e. The fourth-order valence-corrected chi connectivity index (χ4v) is 1.20. The summed E-state index contributed by atoms with van der Waals surface area (Å²) in [6, 6.07) is 4.71. The topological polar surface area (TPSA) is 110 Å². The van der Waals surface area contributed by atoms with Gasteiger partial charge in [0, 0.05) is 19.1 Å². The van der Waals surface area contributed by atoms with Crippen LogP contribution in [0.25, 0.3) is 0 Å². The van der Waals surface area contributed by atoms with Crippen molar-refractivity contribution in [2.24, 2.45) is 10.2 Å². The monoisotopic (exact) mass is 305 g/mol. The van der Waals surface area contributed by atoms with Gasteiger partial charge in [-0.2, -0.15) is 23.5 Å². The predicted molar refractivity (Wildman–Crippen MR) is 63.1 cm³/mol. The van der Waals surface area contributed by atoms with E-state index in [-0.39, 0.29) is 11.4 Å². The van der Waals surface area contributed by atoms with E-state index in [1.807, 2.05) is 0 Å². The number of halogens is 3. The summed E-state index contributed by atoms with van der Waals surface area (Å²) in [5.41, 5.74) is -1.26. The Kier molecular flexibility index (Phi) is 5.13. The number of quaternary nitrogens is 1. The van der Waals surface area contributed by atoms with Crippen molar-refractivity contribution in [1.29, 1.82) is 0 Å². The molecule has 0 fully saturated rings. The van der Waals surface area contributed by atoms with Crippen LogP contribution in [0.3, 0.4) is 0 Å². The number of ketones is 1. The van der Waals surface area contributed by atoms with Crippen molar-refractivity contribution in [3.63, 3.8) is 0 Å². The molecule has 0 aliphatic carbocycles. The summed E-state index contributed by atoms with van der Waals surface area (Å²) in [6.07, 6.45) is -5.12. The first-order valence-electron chi connectivity index (χ1n) is 5.39. The molecule has 0 bridgehead atoms. The zero-order valence-electron chi connectivity index (χ0n) is 10.5. The number of alkyl halides is 3. The molecule has 0 amide bonds. The highest BCUT2D eigenvalue weighted by Crippen LogP contribution is 2.27. The summed E-state index contributed by atoms with van der Waals surface area (Å²) in [5, 5.41) is 33.4. The molecule has 0 spiro atoms. The Labute approximate surface area is 116 Å². The van der Waals surface area contributed by atoms with E-state index in [0.717, 1.165) is 19.1 Å². The molecule has 1 unspecified atom stereocenters. The fourth-order valence-electron chi connectivity index (χ4n) is 1.20. The molecule has 1 aromatic carbocycles. The number of hydrogen-bond donors (Lipinski definition) is 3. The Bertz CT molecular complexity index is 579. The third-order valence-electron chi connectivity index (χ3n) is 2.21. The lowest BCUT2D eigenvalue weighted by Gasteiger charge is -2.10. The number of rotatable bonds is 4. The minimum Gasteiger partial charge on any atom is -0.595 e.